The number of rotatable bonds is 0. The topological polar surface area (TPSA) is 0 Å². The smallest absolute Gasteiger partial charge is 0.0334 e. The third-order valence-corrected chi connectivity index (χ3v) is 3.85. The lowest BCUT2D eigenvalue weighted by Gasteiger charge is -2.34. The molecule has 2 bridgehead atoms. The Bertz CT molecular complexity index is 152. The molecule has 0 saturated heterocycles. The second kappa shape index (κ2) is 2.24. The van der Waals surface area contributed by atoms with Crippen molar-refractivity contribution in [2.75, 3.05) is 0 Å². The van der Waals surface area contributed by atoms with E-state index < -0.39 is 0 Å². The van der Waals surface area contributed by atoms with E-state index >= 15 is 0 Å². The molecule has 0 spiro atoms. The van der Waals surface area contributed by atoms with Crippen LogP contribution in [-0.2, 0) is 0 Å². The van der Waals surface area contributed by atoms with Crippen LogP contribution in [-0.4, -0.2) is 0 Å². The summed E-state index contributed by atoms with van der Waals surface area (Å²) in [5.41, 5.74) is 0.583. The highest BCUT2D eigenvalue weighted by molar-refractivity contribution is 4.94. The normalized spacial score (nSPS) is 43.4. The van der Waals surface area contributed by atoms with Gasteiger partial charge in [-0.25, -0.2) is 0 Å². The molecule has 0 aromatic rings. The van der Waals surface area contributed by atoms with Crippen molar-refractivity contribution < 1.29 is 0 Å². The lowest BCUT2D eigenvalue weighted by atomic mass is 9.72. The van der Waals surface area contributed by atoms with Crippen molar-refractivity contribution in [3.8, 4) is 0 Å². The minimum atomic E-state index is 0.583. The molecule has 64 valence electrons. The zero-order chi connectivity index (χ0) is 8.06. The van der Waals surface area contributed by atoms with Crippen molar-refractivity contribution in [2.24, 2.45) is 23.2 Å². The number of fused-ring (bicyclic) bond motifs is 2. The largest absolute Gasteiger partial charge is 0.0599 e. The average Bonchev–Trinajstić information content (AvgIpc) is 2.42. The Labute approximate surface area is 70.4 Å². The molecule has 2 fully saturated rings. The van der Waals surface area contributed by atoms with Gasteiger partial charge in [0.2, 0.25) is 0 Å². The molecule has 0 amide bonds. The van der Waals surface area contributed by atoms with Crippen LogP contribution < -0.4 is 0 Å². The lowest BCUT2D eigenvalue weighted by molar-refractivity contribution is 0.161. The number of hydrogen-bond acceptors (Lipinski definition) is 0. The van der Waals surface area contributed by atoms with E-state index in [1.165, 1.54) is 19.3 Å². The molecule has 2 aliphatic carbocycles. The molecule has 3 atom stereocenters. The molecule has 2 rings (SSSR count). The van der Waals surface area contributed by atoms with Crippen LogP contribution in [0, 0.1) is 23.2 Å². The molecular formula is C11H20. The van der Waals surface area contributed by atoms with E-state index in [9.17, 15) is 0 Å². The van der Waals surface area contributed by atoms with Gasteiger partial charge < -0.3 is 0 Å². The summed E-state index contributed by atoms with van der Waals surface area (Å²) in [6.07, 6.45) is 6.17. The van der Waals surface area contributed by atoms with E-state index in [2.05, 4.69) is 20.8 Å². The quantitative estimate of drug-likeness (QED) is 0.498. The van der Waals surface area contributed by atoms with Gasteiger partial charge in [0.1, 0.15) is 0 Å². The Morgan fingerprint density at radius 1 is 1.00 bits per heavy atom. The molecule has 0 aliphatic heterocycles. The van der Waals surface area contributed by atoms with E-state index in [-0.39, 0.29) is 0 Å². The Hall–Kier alpha value is 0. The van der Waals surface area contributed by atoms with Crippen LogP contribution in [0.4, 0.5) is 0 Å². The summed E-state index contributed by atoms with van der Waals surface area (Å²) in [5, 5.41) is 0. The summed E-state index contributed by atoms with van der Waals surface area (Å²) in [5.74, 6) is 3.26. The fourth-order valence-electron chi connectivity index (χ4n) is 3.31. The van der Waals surface area contributed by atoms with Gasteiger partial charge >= 0.3 is 0 Å². The van der Waals surface area contributed by atoms with E-state index in [0.29, 0.717) is 5.41 Å². The summed E-state index contributed by atoms with van der Waals surface area (Å²) in [6, 6.07) is 0. The zero-order valence-electron chi connectivity index (χ0n) is 8.06. The van der Waals surface area contributed by atoms with Crippen LogP contribution in [0.2, 0.25) is 0 Å². The van der Waals surface area contributed by atoms with Crippen LogP contribution >= 0.6 is 0 Å². The summed E-state index contributed by atoms with van der Waals surface area (Å²) in [6.45, 7) is 7.25. The van der Waals surface area contributed by atoms with Crippen molar-refractivity contribution in [3.05, 3.63) is 0 Å². The molecular weight excluding hydrogens is 132 g/mol. The molecule has 0 nitrogen and oxygen atoms in total. The molecule has 2 saturated carbocycles. The van der Waals surface area contributed by atoms with Crippen molar-refractivity contribution in [1.82, 2.24) is 0 Å². The highest BCUT2D eigenvalue weighted by Gasteiger charge is 2.44. The van der Waals surface area contributed by atoms with Crippen molar-refractivity contribution in [1.29, 1.82) is 0 Å². The lowest BCUT2D eigenvalue weighted by Crippen LogP contribution is -2.25. The Balaban J connectivity index is 2.08. The molecule has 0 aromatic heterocycles. The third kappa shape index (κ3) is 1.21. The second-order valence-electron chi connectivity index (χ2n) is 5.65. The van der Waals surface area contributed by atoms with E-state index in [1.54, 1.807) is 6.42 Å². The first-order valence-corrected chi connectivity index (χ1v) is 5.07. The van der Waals surface area contributed by atoms with Gasteiger partial charge in [-0.2, -0.15) is 0 Å². The second-order valence-corrected chi connectivity index (χ2v) is 5.65. The molecule has 1 unspecified atom stereocenters. The first-order chi connectivity index (χ1) is 5.07. The van der Waals surface area contributed by atoms with E-state index in [0.717, 1.165) is 17.8 Å². The molecule has 0 heteroatoms. The molecule has 0 heterocycles. The zero-order valence-corrected chi connectivity index (χ0v) is 8.06. The first kappa shape index (κ1) is 7.64. The SMILES string of the molecule is CC(C)(C)[C@H]1CC2CC[C@@H]1C2. The van der Waals surface area contributed by atoms with Gasteiger partial charge in [-0.1, -0.05) is 27.2 Å². The monoisotopic (exact) mass is 152 g/mol. The fourth-order valence-corrected chi connectivity index (χ4v) is 3.31. The van der Waals surface area contributed by atoms with Crippen LogP contribution in [0.15, 0.2) is 0 Å². The average molecular weight is 152 g/mol. The number of hydrogen-bond donors (Lipinski definition) is 0. The maximum Gasteiger partial charge on any atom is -0.0334 e. The maximum atomic E-state index is 2.42. The van der Waals surface area contributed by atoms with Gasteiger partial charge in [0, 0.05) is 0 Å². The van der Waals surface area contributed by atoms with E-state index in [4.69, 9.17) is 0 Å². The highest BCUT2D eigenvalue weighted by Crippen LogP contribution is 2.54. The van der Waals surface area contributed by atoms with Crippen LogP contribution in [0.1, 0.15) is 46.5 Å². The van der Waals surface area contributed by atoms with Crippen LogP contribution in [0.25, 0.3) is 0 Å². The van der Waals surface area contributed by atoms with Gasteiger partial charge in [-0.3, -0.25) is 0 Å². The van der Waals surface area contributed by atoms with Gasteiger partial charge in [0.05, 0.1) is 0 Å². The van der Waals surface area contributed by atoms with E-state index in [1.807, 2.05) is 0 Å². The molecule has 0 radical (unpaired) electrons. The van der Waals surface area contributed by atoms with Crippen LogP contribution in [0.3, 0.4) is 0 Å². The molecule has 0 N–H and O–H groups in total. The van der Waals surface area contributed by atoms with Gasteiger partial charge in [-0.05, 0) is 42.4 Å². The Kier molecular flexibility index (Phi) is 1.56. The molecule has 2 aliphatic rings. The minimum absolute atomic E-state index is 0.583. The van der Waals surface area contributed by atoms with Gasteiger partial charge in [0.25, 0.3) is 0 Å². The van der Waals surface area contributed by atoms with Crippen molar-refractivity contribution in [2.45, 2.75) is 46.5 Å². The molecule has 11 heavy (non-hydrogen) atoms. The summed E-state index contributed by atoms with van der Waals surface area (Å²) in [7, 11) is 0. The summed E-state index contributed by atoms with van der Waals surface area (Å²) >= 11 is 0. The highest BCUT2D eigenvalue weighted by atomic mass is 14.5. The standard InChI is InChI=1S/C11H20/c1-11(2,3)10-7-8-4-5-9(10)6-8/h8-10H,4-7H2,1-3H3/t8?,9-,10+/m1/s1. The minimum Gasteiger partial charge on any atom is -0.0599 e. The summed E-state index contributed by atoms with van der Waals surface area (Å²) < 4.78 is 0. The molecule has 0 aromatic carbocycles. The van der Waals surface area contributed by atoms with Crippen LogP contribution in [0.5, 0.6) is 0 Å². The maximum absolute atomic E-state index is 2.42. The first-order valence-electron chi connectivity index (χ1n) is 5.07. The third-order valence-electron chi connectivity index (χ3n) is 3.85. The predicted octanol–water partition coefficient (Wildman–Crippen LogP) is 3.47. The predicted molar refractivity (Wildman–Crippen MR) is 48.4 cm³/mol. The fraction of sp³-hybridized carbons (Fsp3) is 1.00. The summed E-state index contributed by atoms with van der Waals surface area (Å²) in [4.78, 5) is 0. The van der Waals surface area contributed by atoms with Crippen molar-refractivity contribution >= 4 is 0 Å². The van der Waals surface area contributed by atoms with Gasteiger partial charge in [-0.15, -0.1) is 0 Å². The van der Waals surface area contributed by atoms with Gasteiger partial charge in [0.15, 0.2) is 0 Å². The Morgan fingerprint density at radius 3 is 2.00 bits per heavy atom. The Morgan fingerprint density at radius 2 is 1.73 bits per heavy atom. The van der Waals surface area contributed by atoms with Crippen molar-refractivity contribution in [3.63, 3.8) is 0 Å².